The molecule has 5 atom stereocenters. The number of aromatic nitrogens is 4. The number of hydrogen-bond donors (Lipinski definition) is 3. The smallest absolute Gasteiger partial charge is 0.385 e. The number of nitrogen functional groups attached to an aromatic ring is 1. The van der Waals surface area contributed by atoms with Gasteiger partial charge in [-0.15, -0.1) is 0 Å². The molecule has 0 spiro atoms. The zero-order valence-electron chi connectivity index (χ0n) is 15.0. The van der Waals surface area contributed by atoms with Crippen LogP contribution in [0.1, 0.15) is 20.1 Å². The Morgan fingerprint density at radius 2 is 2.15 bits per heavy atom. The summed E-state index contributed by atoms with van der Waals surface area (Å²) in [5, 5.41) is 10.7. The quantitative estimate of drug-likeness (QED) is 0.469. The summed E-state index contributed by atoms with van der Waals surface area (Å²) in [6.07, 6.45) is -1.85. The Morgan fingerprint density at radius 1 is 1.41 bits per heavy atom. The van der Waals surface area contributed by atoms with Crippen molar-refractivity contribution in [2.45, 2.75) is 38.4 Å². The van der Waals surface area contributed by atoms with Gasteiger partial charge < -0.3 is 20.5 Å². The SMILES string of the molecule is [B][P+]1(O)OC[C@H]2O[C@@H](n3cnc4c(N)nc(N(CC)CC)nc43)[C@@H](O)[C@H]2O1. The van der Waals surface area contributed by atoms with Gasteiger partial charge in [-0.2, -0.15) is 19.0 Å². The molecular formula is C14H21BN6O5P+. The molecule has 0 aliphatic carbocycles. The Morgan fingerprint density at radius 3 is 2.85 bits per heavy atom. The van der Waals surface area contributed by atoms with Crippen LogP contribution in [0.4, 0.5) is 11.8 Å². The van der Waals surface area contributed by atoms with E-state index in [1.165, 1.54) is 6.33 Å². The van der Waals surface area contributed by atoms with Crippen LogP contribution in [-0.4, -0.2) is 75.1 Å². The minimum absolute atomic E-state index is 0.0213. The number of aliphatic hydroxyl groups excluding tert-OH is 1. The molecule has 4 N–H and O–H groups in total. The molecule has 2 aliphatic heterocycles. The lowest BCUT2D eigenvalue weighted by molar-refractivity contribution is -0.0603. The summed E-state index contributed by atoms with van der Waals surface area (Å²) >= 11 is 0. The van der Waals surface area contributed by atoms with Crippen molar-refractivity contribution in [3.8, 4) is 0 Å². The zero-order valence-corrected chi connectivity index (χ0v) is 15.9. The van der Waals surface area contributed by atoms with Gasteiger partial charge in [0.15, 0.2) is 23.8 Å². The lowest BCUT2D eigenvalue weighted by atomic mass is 10.1. The van der Waals surface area contributed by atoms with Crippen LogP contribution in [0.5, 0.6) is 0 Å². The normalized spacial score (nSPS) is 33.3. The van der Waals surface area contributed by atoms with E-state index in [1.807, 2.05) is 18.7 Å². The number of anilines is 2. The van der Waals surface area contributed by atoms with Gasteiger partial charge in [-0.05, 0) is 13.8 Å². The van der Waals surface area contributed by atoms with E-state index in [4.69, 9.17) is 27.1 Å². The van der Waals surface area contributed by atoms with Crippen LogP contribution in [-0.2, 0) is 13.8 Å². The summed E-state index contributed by atoms with van der Waals surface area (Å²) < 4.78 is 17.9. The number of imidazole rings is 1. The summed E-state index contributed by atoms with van der Waals surface area (Å²) in [5.74, 6) is 0.714. The van der Waals surface area contributed by atoms with E-state index in [1.54, 1.807) is 4.57 Å². The maximum absolute atomic E-state index is 10.7. The van der Waals surface area contributed by atoms with Crippen molar-refractivity contribution in [2.24, 2.45) is 0 Å². The molecule has 0 saturated carbocycles. The fourth-order valence-electron chi connectivity index (χ4n) is 3.36. The minimum atomic E-state index is -3.45. The summed E-state index contributed by atoms with van der Waals surface area (Å²) in [6, 6.07) is 0. The van der Waals surface area contributed by atoms with E-state index >= 15 is 0 Å². The summed E-state index contributed by atoms with van der Waals surface area (Å²) in [5.41, 5.74) is 6.91. The summed E-state index contributed by atoms with van der Waals surface area (Å²) in [4.78, 5) is 24.9. The second-order valence-electron chi connectivity index (χ2n) is 6.39. The molecule has 2 aromatic heterocycles. The van der Waals surface area contributed by atoms with E-state index in [0.717, 1.165) is 0 Å². The topological polar surface area (TPSA) is 141 Å². The molecule has 2 radical (unpaired) electrons. The Labute approximate surface area is 157 Å². The lowest BCUT2D eigenvalue weighted by Gasteiger charge is -2.27. The number of nitrogens with zero attached hydrogens (tertiary/aromatic N) is 5. The van der Waals surface area contributed by atoms with Crippen molar-refractivity contribution >= 4 is 38.3 Å². The first-order valence-electron chi connectivity index (χ1n) is 8.66. The minimum Gasteiger partial charge on any atom is -0.385 e. The highest BCUT2D eigenvalue weighted by Crippen LogP contribution is 2.58. The first-order chi connectivity index (χ1) is 12.8. The molecule has 2 aromatic rings. The van der Waals surface area contributed by atoms with Crippen molar-refractivity contribution in [1.82, 2.24) is 19.5 Å². The van der Waals surface area contributed by atoms with E-state index in [-0.39, 0.29) is 12.4 Å². The maximum Gasteiger partial charge on any atom is 0.488 e. The Kier molecular flexibility index (Phi) is 4.73. The number of aliphatic hydroxyl groups is 1. The molecule has 11 nitrogen and oxygen atoms in total. The molecule has 4 rings (SSSR count). The standard InChI is InChI=1S/C14H21BN6O5P/c1-3-20(4-2)14-18-11(16)8-12(19-14)21(6-17-8)13-9(22)10-7(25-13)5-24-27(15,23)26-10/h6-7,9-10,13,22-23H,3-5H2,1-2H3,(H2,16,18,19)/q+1/t7-,9+,10+,13-,27?/m1/s1. The van der Waals surface area contributed by atoms with Crippen LogP contribution in [0, 0.1) is 0 Å². The molecule has 4 heterocycles. The second kappa shape index (κ2) is 6.80. The molecular weight excluding hydrogens is 374 g/mol. The highest BCUT2D eigenvalue weighted by atomic mass is 31.2. The van der Waals surface area contributed by atoms with Crippen LogP contribution in [0.25, 0.3) is 11.2 Å². The number of rotatable bonds is 4. The number of fused-ring (bicyclic) bond motifs is 2. The monoisotopic (exact) mass is 395 g/mol. The Hall–Kier alpha value is -1.56. The van der Waals surface area contributed by atoms with Crippen molar-refractivity contribution in [2.75, 3.05) is 30.3 Å². The van der Waals surface area contributed by atoms with E-state index in [0.29, 0.717) is 30.2 Å². The van der Waals surface area contributed by atoms with Gasteiger partial charge in [0.25, 0.3) is 0 Å². The van der Waals surface area contributed by atoms with Crippen LogP contribution in [0.3, 0.4) is 0 Å². The predicted molar refractivity (Wildman–Crippen MR) is 98.9 cm³/mol. The van der Waals surface area contributed by atoms with E-state index < -0.39 is 32.4 Å². The Balaban J connectivity index is 1.72. The molecule has 2 saturated heterocycles. The first kappa shape index (κ1) is 18.8. The van der Waals surface area contributed by atoms with Gasteiger partial charge in [0.2, 0.25) is 5.95 Å². The van der Waals surface area contributed by atoms with E-state index in [2.05, 4.69) is 15.0 Å². The molecule has 13 heteroatoms. The van der Waals surface area contributed by atoms with Crippen LogP contribution in [0.15, 0.2) is 6.33 Å². The summed E-state index contributed by atoms with van der Waals surface area (Å²) in [6.45, 7) is 5.44. The molecule has 0 amide bonds. The van der Waals surface area contributed by atoms with Gasteiger partial charge in [0, 0.05) is 13.1 Å². The van der Waals surface area contributed by atoms with Gasteiger partial charge in [-0.25, -0.2) is 9.88 Å². The zero-order chi connectivity index (χ0) is 19.3. The predicted octanol–water partition coefficient (Wildman–Crippen LogP) is -0.233. The highest BCUT2D eigenvalue weighted by molar-refractivity contribution is 7.85. The number of hydrogen-bond acceptors (Lipinski definition) is 10. The van der Waals surface area contributed by atoms with Crippen LogP contribution >= 0.6 is 7.82 Å². The van der Waals surface area contributed by atoms with Gasteiger partial charge in [-0.3, -0.25) is 4.57 Å². The van der Waals surface area contributed by atoms with Crippen molar-refractivity contribution in [1.29, 1.82) is 0 Å². The number of ether oxygens (including phenoxy) is 1. The van der Waals surface area contributed by atoms with Crippen LogP contribution in [0.2, 0.25) is 0 Å². The Bertz CT molecular complexity index is 849. The third-order valence-corrected chi connectivity index (χ3v) is 5.83. The molecule has 144 valence electrons. The van der Waals surface area contributed by atoms with E-state index in [9.17, 15) is 10.00 Å². The molecule has 2 aliphatic rings. The van der Waals surface area contributed by atoms with Gasteiger partial charge >= 0.3 is 15.4 Å². The largest absolute Gasteiger partial charge is 0.488 e. The van der Waals surface area contributed by atoms with Crippen LogP contribution < -0.4 is 10.6 Å². The average molecular weight is 395 g/mol. The van der Waals surface area contributed by atoms with Crippen molar-refractivity contribution in [3.63, 3.8) is 0 Å². The highest BCUT2D eigenvalue weighted by Gasteiger charge is 2.57. The third-order valence-electron chi connectivity index (χ3n) is 4.76. The molecule has 2 fully saturated rings. The molecule has 0 aromatic carbocycles. The van der Waals surface area contributed by atoms with Crippen molar-refractivity contribution in [3.05, 3.63) is 6.33 Å². The second-order valence-corrected chi connectivity index (χ2v) is 7.99. The van der Waals surface area contributed by atoms with Gasteiger partial charge in [0.1, 0.15) is 24.3 Å². The summed E-state index contributed by atoms with van der Waals surface area (Å²) in [7, 11) is 2.10. The average Bonchev–Trinajstić information content (AvgIpc) is 3.17. The molecule has 1 unspecified atom stereocenters. The third kappa shape index (κ3) is 3.16. The van der Waals surface area contributed by atoms with Gasteiger partial charge in [0.05, 0.1) is 6.33 Å². The fraction of sp³-hybridized carbons (Fsp3) is 0.643. The maximum atomic E-state index is 10.7. The lowest BCUT2D eigenvalue weighted by Crippen LogP contribution is -2.40. The number of nitrogens with two attached hydrogens (primary N) is 1. The molecule has 27 heavy (non-hydrogen) atoms. The fourth-order valence-corrected chi connectivity index (χ4v) is 4.39. The first-order valence-corrected chi connectivity index (χ1v) is 10.3. The van der Waals surface area contributed by atoms with Crippen molar-refractivity contribution < 1.29 is 23.8 Å². The molecule has 0 bridgehead atoms. The van der Waals surface area contributed by atoms with Gasteiger partial charge in [-0.1, -0.05) is 0 Å².